The van der Waals surface area contributed by atoms with Crippen LogP contribution in [0.3, 0.4) is 0 Å². The van der Waals surface area contributed by atoms with Crippen LogP contribution < -0.4 is 10.6 Å². The molecule has 1 saturated heterocycles. The lowest BCUT2D eigenvalue weighted by Gasteiger charge is -2.21. The van der Waals surface area contributed by atoms with Gasteiger partial charge >= 0.3 is 0 Å². The first-order valence-electron chi connectivity index (χ1n) is 7.82. The van der Waals surface area contributed by atoms with Crippen LogP contribution >= 0.6 is 11.6 Å². The molecular weight excluding hydrogens is 284 g/mol. The SMILES string of the molecule is CC(C)C(C(=O)NCCC1CCNC1)c1cccc(Cl)c1. The Kier molecular flexibility index (Phi) is 6.07. The zero-order chi connectivity index (χ0) is 15.2. The molecule has 0 saturated carbocycles. The molecule has 0 aromatic heterocycles. The van der Waals surface area contributed by atoms with E-state index in [1.54, 1.807) is 0 Å². The molecule has 1 aromatic rings. The molecule has 1 aliphatic rings. The molecule has 0 spiro atoms. The molecule has 116 valence electrons. The van der Waals surface area contributed by atoms with Crippen molar-refractivity contribution in [2.75, 3.05) is 19.6 Å². The lowest BCUT2D eigenvalue weighted by Crippen LogP contribution is -2.33. The van der Waals surface area contributed by atoms with Gasteiger partial charge in [0, 0.05) is 11.6 Å². The van der Waals surface area contributed by atoms with E-state index < -0.39 is 0 Å². The monoisotopic (exact) mass is 308 g/mol. The molecule has 21 heavy (non-hydrogen) atoms. The third-order valence-electron chi connectivity index (χ3n) is 4.17. The van der Waals surface area contributed by atoms with Gasteiger partial charge in [0.05, 0.1) is 5.92 Å². The first-order valence-corrected chi connectivity index (χ1v) is 8.19. The van der Waals surface area contributed by atoms with E-state index in [2.05, 4.69) is 24.5 Å². The maximum absolute atomic E-state index is 12.5. The topological polar surface area (TPSA) is 41.1 Å². The van der Waals surface area contributed by atoms with Gasteiger partial charge in [0.25, 0.3) is 0 Å². The zero-order valence-electron chi connectivity index (χ0n) is 12.9. The van der Waals surface area contributed by atoms with Crippen LogP contribution in [0.25, 0.3) is 0 Å². The van der Waals surface area contributed by atoms with Crippen molar-refractivity contribution >= 4 is 17.5 Å². The van der Waals surface area contributed by atoms with Crippen molar-refractivity contribution in [3.63, 3.8) is 0 Å². The first kappa shape index (κ1) is 16.3. The van der Waals surface area contributed by atoms with Crippen LogP contribution in [0.2, 0.25) is 5.02 Å². The van der Waals surface area contributed by atoms with E-state index in [4.69, 9.17) is 11.6 Å². The van der Waals surface area contributed by atoms with E-state index in [0.717, 1.165) is 31.6 Å². The summed E-state index contributed by atoms with van der Waals surface area (Å²) in [5.41, 5.74) is 0.998. The summed E-state index contributed by atoms with van der Waals surface area (Å²) in [5.74, 6) is 0.925. The van der Waals surface area contributed by atoms with Crippen LogP contribution in [-0.2, 0) is 4.79 Å². The number of hydrogen-bond acceptors (Lipinski definition) is 2. The fourth-order valence-corrected chi connectivity index (χ4v) is 3.21. The second-order valence-corrected chi connectivity index (χ2v) is 6.65. The van der Waals surface area contributed by atoms with Crippen molar-refractivity contribution in [2.45, 2.75) is 32.6 Å². The second-order valence-electron chi connectivity index (χ2n) is 6.22. The number of carbonyl (C=O) groups is 1. The zero-order valence-corrected chi connectivity index (χ0v) is 13.6. The minimum Gasteiger partial charge on any atom is -0.356 e. The van der Waals surface area contributed by atoms with Crippen molar-refractivity contribution in [3.8, 4) is 0 Å². The lowest BCUT2D eigenvalue weighted by molar-refractivity contribution is -0.123. The van der Waals surface area contributed by atoms with E-state index in [1.807, 2.05) is 24.3 Å². The number of carbonyl (C=O) groups excluding carboxylic acids is 1. The molecule has 1 aliphatic heterocycles. The Balaban J connectivity index is 1.92. The Morgan fingerprint density at radius 1 is 1.48 bits per heavy atom. The molecule has 3 nitrogen and oxygen atoms in total. The van der Waals surface area contributed by atoms with E-state index in [0.29, 0.717) is 10.9 Å². The molecule has 1 heterocycles. The van der Waals surface area contributed by atoms with Crippen molar-refractivity contribution in [1.82, 2.24) is 10.6 Å². The Morgan fingerprint density at radius 3 is 2.90 bits per heavy atom. The van der Waals surface area contributed by atoms with Crippen LogP contribution in [0.1, 0.15) is 38.2 Å². The van der Waals surface area contributed by atoms with Gasteiger partial charge in [0.15, 0.2) is 0 Å². The maximum Gasteiger partial charge on any atom is 0.227 e. The number of hydrogen-bond donors (Lipinski definition) is 2. The number of benzene rings is 1. The summed E-state index contributed by atoms with van der Waals surface area (Å²) < 4.78 is 0. The van der Waals surface area contributed by atoms with Gasteiger partial charge in [0.2, 0.25) is 5.91 Å². The van der Waals surface area contributed by atoms with E-state index in [-0.39, 0.29) is 17.7 Å². The molecule has 0 radical (unpaired) electrons. The average Bonchev–Trinajstić information content (AvgIpc) is 2.91. The average molecular weight is 309 g/mol. The number of halogens is 1. The summed E-state index contributed by atoms with van der Waals surface area (Å²) in [6, 6.07) is 7.63. The molecule has 2 atom stereocenters. The van der Waals surface area contributed by atoms with Gasteiger partial charge in [-0.3, -0.25) is 4.79 Å². The van der Waals surface area contributed by atoms with Crippen LogP contribution in [-0.4, -0.2) is 25.5 Å². The molecule has 0 aliphatic carbocycles. The second kappa shape index (κ2) is 7.81. The largest absolute Gasteiger partial charge is 0.356 e. The molecule has 0 bridgehead atoms. The smallest absolute Gasteiger partial charge is 0.227 e. The highest BCUT2D eigenvalue weighted by atomic mass is 35.5. The Hall–Kier alpha value is -1.06. The fourth-order valence-electron chi connectivity index (χ4n) is 3.01. The van der Waals surface area contributed by atoms with Crippen LogP contribution in [0, 0.1) is 11.8 Å². The van der Waals surface area contributed by atoms with Crippen LogP contribution in [0.5, 0.6) is 0 Å². The van der Waals surface area contributed by atoms with Gasteiger partial charge in [-0.2, -0.15) is 0 Å². The number of rotatable bonds is 6. The van der Waals surface area contributed by atoms with Crippen molar-refractivity contribution in [3.05, 3.63) is 34.9 Å². The van der Waals surface area contributed by atoms with Gasteiger partial charge in [-0.05, 0) is 55.5 Å². The summed E-state index contributed by atoms with van der Waals surface area (Å²) in [7, 11) is 0. The third-order valence-corrected chi connectivity index (χ3v) is 4.41. The summed E-state index contributed by atoms with van der Waals surface area (Å²) in [6.45, 7) is 7.10. The minimum atomic E-state index is -0.134. The highest BCUT2D eigenvalue weighted by Gasteiger charge is 2.24. The standard InChI is InChI=1S/C17H25ClN2O/c1-12(2)16(14-4-3-5-15(18)10-14)17(21)20-9-7-13-6-8-19-11-13/h3-5,10,12-13,16,19H,6-9,11H2,1-2H3,(H,20,21). The summed E-state index contributed by atoms with van der Waals surface area (Å²) >= 11 is 6.05. The Morgan fingerprint density at radius 2 is 2.29 bits per heavy atom. The van der Waals surface area contributed by atoms with Crippen molar-refractivity contribution < 1.29 is 4.79 Å². The highest BCUT2D eigenvalue weighted by Crippen LogP contribution is 2.26. The Labute approximate surface area is 132 Å². The predicted molar refractivity (Wildman–Crippen MR) is 87.6 cm³/mol. The van der Waals surface area contributed by atoms with Gasteiger partial charge in [0.1, 0.15) is 0 Å². The van der Waals surface area contributed by atoms with E-state index >= 15 is 0 Å². The van der Waals surface area contributed by atoms with E-state index in [1.165, 1.54) is 6.42 Å². The maximum atomic E-state index is 12.5. The van der Waals surface area contributed by atoms with Gasteiger partial charge in [-0.25, -0.2) is 0 Å². The predicted octanol–water partition coefficient (Wildman–Crippen LogP) is 3.20. The molecule has 2 N–H and O–H groups in total. The van der Waals surface area contributed by atoms with Crippen molar-refractivity contribution in [2.24, 2.45) is 11.8 Å². The third kappa shape index (κ3) is 4.72. The summed E-state index contributed by atoms with van der Waals surface area (Å²) in [4.78, 5) is 12.5. The Bertz CT molecular complexity index is 470. The molecule has 2 rings (SSSR count). The van der Waals surface area contributed by atoms with Crippen molar-refractivity contribution in [1.29, 1.82) is 0 Å². The molecule has 1 amide bonds. The number of nitrogens with one attached hydrogen (secondary N) is 2. The van der Waals surface area contributed by atoms with Crippen LogP contribution in [0.15, 0.2) is 24.3 Å². The lowest BCUT2D eigenvalue weighted by atomic mass is 9.87. The molecule has 2 unspecified atom stereocenters. The van der Waals surface area contributed by atoms with Gasteiger partial charge in [-0.15, -0.1) is 0 Å². The van der Waals surface area contributed by atoms with Gasteiger partial charge in [-0.1, -0.05) is 37.6 Å². The molecule has 4 heteroatoms. The fraction of sp³-hybridized carbons (Fsp3) is 0.588. The summed E-state index contributed by atoms with van der Waals surface area (Å²) in [6.07, 6.45) is 2.27. The molecule has 1 aromatic carbocycles. The molecule has 1 fully saturated rings. The minimum absolute atomic E-state index is 0.109. The quantitative estimate of drug-likeness (QED) is 0.847. The molecular formula is C17H25ClN2O. The van der Waals surface area contributed by atoms with E-state index in [9.17, 15) is 4.79 Å². The van der Waals surface area contributed by atoms with Gasteiger partial charge < -0.3 is 10.6 Å². The summed E-state index contributed by atoms with van der Waals surface area (Å²) in [5, 5.41) is 7.14. The number of amides is 1. The first-order chi connectivity index (χ1) is 10.1. The van der Waals surface area contributed by atoms with Crippen LogP contribution in [0.4, 0.5) is 0 Å². The highest BCUT2D eigenvalue weighted by molar-refractivity contribution is 6.30. The normalized spacial score (nSPS) is 19.7.